The molecule has 0 fully saturated rings. The Morgan fingerprint density at radius 1 is 1.29 bits per heavy atom. The van der Waals surface area contributed by atoms with Gasteiger partial charge in [0.25, 0.3) is 5.91 Å². The van der Waals surface area contributed by atoms with Crippen LogP contribution in [0.15, 0.2) is 34.7 Å². The molecule has 0 aliphatic heterocycles. The highest BCUT2D eigenvalue weighted by Crippen LogP contribution is 2.31. The Balaban J connectivity index is 2.18. The number of rotatable bonds is 5. The molecule has 0 aliphatic carbocycles. The second kappa shape index (κ2) is 6.45. The molecule has 1 heterocycles. The highest BCUT2D eigenvalue weighted by Gasteiger charge is 2.14. The number of anilines is 1. The predicted octanol–water partition coefficient (Wildman–Crippen LogP) is 3.80. The van der Waals surface area contributed by atoms with E-state index in [0.29, 0.717) is 0 Å². The second-order valence-corrected chi connectivity index (χ2v) is 4.17. The molecule has 0 bridgehead atoms. The van der Waals surface area contributed by atoms with Crippen LogP contribution >= 0.6 is 11.6 Å². The zero-order valence-corrected chi connectivity index (χ0v) is 11.5. The molecule has 1 aromatic heterocycles. The lowest BCUT2D eigenvalue weighted by atomic mass is 10.2. The summed E-state index contributed by atoms with van der Waals surface area (Å²) in [5.41, 5.74) is 0.240. The van der Waals surface area contributed by atoms with Crippen molar-refractivity contribution in [1.29, 1.82) is 0 Å². The first-order valence-electron chi connectivity index (χ1n) is 5.69. The number of nitrogens with one attached hydrogen (secondary N) is 1. The van der Waals surface area contributed by atoms with E-state index in [1.54, 1.807) is 0 Å². The first kappa shape index (κ1) is 15.1. The van der Waals surface area contributed by atoms with Crippen molar-refractivity contribution in [3.63, 3.8) is 0 Å². The molecule has 112 valence electrons. The first-order valence-corrected chi connectivity index (χ1v) is 6.07. The fourth-order valence-electron chi connectivity index (χ4n) is 1.57. The van der Waals surface area contributed by atoms with Crippen molar-refractivity contribution in [3.05, 3.63) is 41.3 Å². The fourth-order valence-corrected chi connectivity index (χ4v) is 1.72. The van der Waals surface area contributed by atoms with Crippen molar-refractivity contribution in [2.45, 2.75) is 6.61 Å². The normalized spacial score (nSPS) is 10.5. The number of ether oxygens (including phenoxy) is 2. The third-order valence-corrected chi connectivity index (χ3v) is 2.64. The van der Waals surface area contributed by atoms with Crippen LogP contribution in [0.25, 0.3) is 0 Å². The summed E-state index contributed by atoms with van der Waals surface area (Å²) in [5, 5.41) is 2.53. The van der Waals surface area contributed by atoms with Crippen molar-refractivity contribution >= 4 is 23.2 Å². The van der Waals surface area contributed by atoms with Crippen molar-refractivity contribution in [2.24, 2.45) is 0 Å². The molecule has 21 heavy (non-hydrogen) atoms. The minimum Gasteiger partial charge on any atom is -0.493 e. The molecule has 0 aliphatic rings. The number of hydrogen-bond acceptors (Lipinski definition) is 4. The number of furan rings is 1. The van der Waals surface area contributed by atoms with E-state index in [1.807, 2.05) is 0 Å². The quantitative estimate of drug-likeness (QED) is 0.911. The van der Waals surface area contributed by atoms with Crippen LogP contribution in [-0.4, -0.2) is 19.6 Å². The minimum absolute atomic E-state index is 0.00727. The average molecular weight is 318 g/mol. The van der Waals surface area contributed by atoms with Crippen LogP contribution in [0.2, 0.25) is 5.22 Å². The highest BCUT2D eigenvalue weighted by molar-refractivity contribution is 6.29. The molecule has 2 aromatic rings. The Hall–Kier alpha value is -2.28. The molecular formula is C13H10ClF2NO4. The van der Waals surface area contributed by atoms with Crippen LogP contribution in [0.5, 0.6) is 11.5 Å². The van der Waals surface area contributed by atoms with Crippen molar-refractivity contribution in [3.8, 4) is 11.5 Å². The minimum atomic E-state index is -3.01. The summed E-state index contributed by atoms with van der Waals surface area (Å²) >= 11 is 5.56. The SMILES string of the molecule is COc1ccc(NC(=O)c2ccc(Cl)o2)cc1OC(F)F. The second-order valence-electron chi connectivity index (χ2n) is 3.80. The fraction of sp³-hybridized carbons (Fsp3) is 0.154. The number of carbonyl (C=O) groups excluding carboxylic acids is 1. The number of amides is 1. The van der Waals surface area contributed by atoms with Gasteiger partial charge >= 0.3 is 6.61 Å². The molecule has 5 nitrogen and oxygen atoms in total. The van der Waals surface area contributed by atoms with Crippen molar-refractivity contribution in [1.82, 2.24) is 0 Å². The molecule has 2 rings (SSSR count). The topological polar surface area (TPSA) is 60.7 Å². The highest BCUT2D eigenvalue weighted by atomic mass is 35.5. The number of halogens is 3. The van der Waals surface area contributed by atoms with E-state index < -0.39 is 12.5 Å². The largest absolute Gasteiger partial charge is 0.493 e. The maximum absolute atomic E-state index is 12.3. The maximum atomic E-state index is 12.3. The van der Waals surface area contributed by atoms with E-state index in [2.05, 4.69) is 10.1 Å². The van der Waals surface area contributed by atoms with Crippen LogP contribution in [0.4, 0.5) is 14.5 Å². The monoisotopic (exact) mass is 317 g/mol. The summed E-state index contributed by atoms with van der Waals surface area (Å²) in [6, 6.07) is 6.88. The molecule has 0 radical (unpaired) electrons. The Morgan fingerprint density at radius 3 is 2.62 bits per heavy atom. The Labute approximate surface area is 123 Å². The van der Waals surface area contributed by atoms with Crippen molar-refractivity contribution in [2.75, 3.05) is 12.4 Å². The zero-order chi connectivity index (χ0) is 15.4. The van der Waals surface area contributed by atoms with Gasteiger partial charge in [0.2, 0.25) is 0 Å². The average Bonchev–Trinajstić information content (AvgIpc) is 2.85. The first-order chi connectivity index (χ1) is 9.99. The Kier molecular flexibility index (Phi) is 4.64. The molecular weight excluding hydrogens is 308 g/mol. The third kappa shape index (κ3) is 3.85. The lowest BCUT2D eigenvalue weighted by molar-refractivity contribution is -0.0511. The van der Waals surface area contributed by atoms with Gasteiger partial charge in [-0.2, -0.15) is 8.78 Å². The summed E-state index contributed by atoms with van der Waals surface area (Å²) in [6.07, 6.45) is 0. The smallest absolute Gasteiger partial charge is 0.387 e. The van der Waals surface area contributed by atoms with E-state index in [1.165, 1.54) is 37.4 Å². The predicted molar refractivity (Wildman–Crippen MR) is 71.3 cm³/mol. The van der Waals surface area contributed by atoms with Gasteiger partial charge in [0, 0.05) is 11.8 Å². The van der Waals surface area contributed by atoms with Crippen LogP contribution in [0.1, 0.15) is 10.6 Å². The number of methoxy groups -OCH3 is 1. The summed E-state index contributed by atoms with van der Waals surface area (Å²) in [5.74, 6) is -0.653. The van der Waals surface area contributed by atoms with Crippen LogP contribution < -0.4 is 14.8 Å². The molecule has 0 atom stereocenters. The Bertz CT molecular complexity index is 645. The van der Waals surface area contributed by atoms with E-state index in [-0.39, 0.29) is 28.2 Å². The molecule has 1 N–H and O–H groups in total. The van der Waals surface area contributed by atoms with Gasteiger partial charge in [0.15, 0.2) is 22.5 Å². The van der Waals surface area contributed by atoms with Gasteiger partial charge < -0.3 is 19.2 Å². The summed E-state index contributed by atoms with van der Waals surface area (Å²) in [6.45, 7) is -3.01. The number of hydrogen-bond donors (Lipinski definition) is 1. The molecule has 0 spiro atoms. The molecule has 8 heteroatoms. The standard InChI is InChI=1S/C13H10ClF2NO4/c1-19-8-3-2-7(6-10(8)21-13(15)16)17-12(18)9-4-5-11(14)20-9/h2-6,13H,1H3,(H,17,18). The molecule has 1 aromatic carbocycles. The van der Waals surface area contributed by atoms with Gasteiger partial charge in [0.05, 0.1) is 7.11 Å². The van der Waals surface area contributed by atoms with Crippen LogP contribution in [0.3, 0.4) is 0 Å². The molecule has 0 saturated heterocycles. The summed E-state index contributed by atoms with van der Waals surface area (Å²) in [7, 11) is 1.32. The van der Waals surface area contributed by atoms with E-state index in [9.17, 15) is 13.6 Å². The molecule has 1 amide bonds. The maximum Gasteiger partial charge on any atom is 0.387 e. The van der Waals surface area contributed by atoms with Crippen LogP contribution in [-0.2, 0) is 0 Å². The summed E-state index contributed by atoms with van der Waals surface area (Å²) < 4.78 is 38.7. The number of carbonyl (C=O) groups is 1. The number of alkyl halides is 2. The van der Waals surface area contributed by atoms with Crippen molar-refractivity contribution < 1.29 is 27.5 Å². The lowest BCUT2D eigenvalue weighted by Crippen LogP contribution is -2.11. The van der Waals surface area contributed by atoms with Gasteiger partial charge in [-0.15, -0.1) is 0 Å². The van der Waals surface area contributed by atoms with E-state index >= 15 is 0 Å². The van der Waals surface area contributed by atoms with Crippen LogP contribution in [0, 0.1) is 0 Å². The zero-order valence-electron chi connectivity index (χ0n) is 10.7. The third-order valence-electron chi connectivity index (χ3n) is 2.43. The van der Waals surface area contributed by atoms with Gasteiger partial charge in [-0.3, -0.25) is 4.79 Å². The Morgan fingerprint density at radius 2 is 2.05 bits per heavy atom. The molecule has 0 saturated carbocycles. The number of benzene rings is 1. The summed E-state index contributed by atoms with van der Waals surface area (Å²) in [4.78, 5) is 11.8. The van der Waals surface area contributed by atoms with Gasteiger partial charge in [0.1, 0.15) is 0 Å². The van der Waals surface area contributed by atoms with Gasteiger partial charge in [-0.05, 0) is 35.9 Å². The van der Waals surface area contributed by atoms with E-state index in [0.717, 1.165) is 0 Å². The lowest BCUT2D eigenvalue weighted by Gasteiger charge is -2.11. The van der Waals surface area contributed by atoms with E-state index in [4.69, 9.17) is 20.8 Å². The van der Waals surface area contributed by atoms with Gasteiger partial charge in [-0.25, -0.2) is 0 Å². The molecule has 0 unspecified atom stereocenters. The van der Waals surface area contributed by atoms with Gasteiger partial charge in [-0.1, -0.05) is 0 Å².